The average Bonchev–Trinajstić information content (AvgIpc) is 3.40. The summed E-state index contributed by atoms with van der Waals surface area (Å²) in [6, 6.07) is 4.30. The van der Waals surface area contributed by atoms with Crippen LogP contribution in [-0.2, 0) is 20.8 Å². The predicted molar refractivity (Wildman–Crippen MR) is 146 cm³/mol. The van der Waals surface area contributed by atoms with E-state index in [0.717, 1.165) is 12.8 Å². The van der Waals surface area contributed by atoms with Gasteiger partial charge in [-0.2, -0.15) is 13.2 Å². The molecule has 2 aliphatic rings. The highest BCUT2D eigenvalue weighted by molar-refractivity contribution is 5.96. The minimum absolute atomic E-state index is 0. The van der Waals surface area contributed by atoms with Crippen molar-refractivity contribution in [3.63, 3.8) is 0 Å². The Balaban J connectivity index is 0.00000560. The summed E-state index contributed by atoms with van der Waals surface area (Å²) in [5, 5.41) is 8.27. The van der Waals surface area contributed by atoms with Gasteiger partial charge in [-0.15, -0.1) is 12.4 Å². The van der Waals surface area contributed by atoms with Crippen LogP contribution in [0.2, 0.25) is 0 Å². The number of halogens is 4. The summed E-state index contributed by atoms with van der Waals surface area (Å²) in [4.78, 5) is 54.8. The van der Waals surface area contributed by atoms with Gasteiger partial charge in [-0.25, -0.2) is 4.79 Å². The molecule has 0 saturated carbocycles. The Morgan fingerprint density at radius 1 is 0.975 bits per heavy atom. The number of amides is 4. The zero-order chi connectivity index (χ0) is 28.7. The van der Waals surface area contributed by atoms with Crippen molar-refractivity contribution in [2.24, 2.45) is 5.92 Å². The number of carbonyl (C=O) groups is 4. The first kappa shape index (κ1) is 33.3. The van der Waals surface area contributed by atoms with Gasteiger partial charge in [0.1, 0.15) is 18.1 Å². The Hall–Kier alpha value is -2.86. The van der Waals surface area contributed by atoms with Crippen LogP contribution in [0, 0.1) is 5.92 Å². The van der Waals surface area contributed by atoms with Crippen molar-refractivity contribution < 1.29 is 32.3 Å². The van der Waals surface area contributed by atoms with Crippen molar-refractivity contribution in [1.82, 2.24) is 25.8 Å². The molecule has 3 N–H and O–H groups in total. The molecule has 3 rings (SSSR count). The Kier molecular flexibility index (Phi) is 12.2. The Morgan fingerprint density at radius 2 is 1.60 bits per heavy atom. The molecular formula is C27H39ClF3N5O4. The fraction of sp³-hybridized carbons (Fsp3) is 0.630. The summed E-state index contributed by atoms with van der Waals surface area (Å²) in [6.45, 7) is 4.86. The quantitative estimate of drug-likeness (QED) is 0.410. The van der Waals surface area contributed by atoms with Crippen LogP contribution in [0.3, 0.4) is 0 Å². The van der Waals surface area contributed by atoms with E-state index in [2.05, 4.69) is 16.0 Å². The van der Waals surface area contributed by atoms with E-state index in [1.165, 1.54) is 4.90 Å². The van der Waals surface area contributed by atoms with Crippen LogP contribution in [-0.4, -0.2) is 90.5 Å². The molecule has 3 atom stereocenters. The molecule has 1 aromatic carbocycles. The van der Waals surface area contributed by atoms with Gasteiger partial charge < -0.3 is 25.8 Å². The van der Waals surface area contributed by atoms with Crippen molar-refractivity contribution in [2.75, 3.05) is 26.7 Å². The molecule has 40 heavy (non-hydrogen) atoms. The first-order chi connectivity index (χ1) is 18.4. The number of ketones is 1. The van der Waals surface area contributed by atoms with E-state index in [1.54, 1.807) is 49.1 Å². The van der Waals surface area contributed by atoms with Crippen molar-refractivity contribution in [2.45, 2.75) is 76.3 Å². The van der Waals surface area contributed by atoms with Crippen LogP contribution in [0.15, 0.2) is 30.3 Å². The van der Waals surface area contributed by atoms with Crippen LogP contribution in [0.1, 0.15) is 45.1 Å². The summed E-state index contributed by atoms with van der Waals surface area (Å²) >= 11 is 0. The summed E-state index contributed by atoms with van der Waals surface area (Å²) in [5.74, 6) is -3.63. The van der Waals surface area contributed by atoms with Crippen LogP contribution in [0.4, 0.5) is 18.0 Å². The van der Waals surface area contributed by atoms with Crippen LogP contribution < -0.4 is 16.0 Å². The summed E-state index contributed by atoms with van der Waals surface area (Å²) in [6.07, 6.45) is -3.17. The van der Waals surface area contributed by atoms with E-state index in [4.69, 9.17) is 0 Å². The minimum Gasteiger partial charge on any atom is -0.344 e. The summed E-state index contributed by atoms with van der Waals surface area (Å²) in [7, 11) is 1.87. The normalized spacial score (nSPS) is 19.5. The number of nitrogens with one attached hydrogen (secondary N) is 3. The average molecular weight is 590 g/mol. The lowest BCUT2D eigenvalue weighted by molar-refractivity contribution is -0.173. The minimum atomic E-state index is -5.13. The third-order valence-corrected chi connectivity index (χ3v) is 7.44. The second kappa shape index (κ2) is 14.7. The Morgan fingerprint density at radius 3 is 2.15 bits per heavy atom. The van der Waals surface area contributed by atoms with E-state index in [9.17, 15) is 32.3 Å². The molecule has 2 saturated heterocycles. The van der Waals surface area contributed by atoms with Gasteiger partial charge in [0, 0.05) is 32.1 Å². The first-order valence-corrected chi connectivity index (χ1v) is 13.4. The molecule has 1 aromatic rings. The third-order valence-electron chi connectivity index (χ3n) is 7.44. The van der Waals surface area contributed by atoms with Crippen LogP contribution in [0.25, 0.3) is 0 Å². The van der Waals surface area contributed by atoms with E-state index >= 15 is 0 Å². The lowest BCUT2D eigenvalue weighted by Gasteiger charge is -2.35. The summed E-state index contributed by atoms with van der Waals surface area (Å²) in [5.41, 5.74) is 0.459. The fourth-order valence-corrected chi connectivity index (χ4v) is 5.12. The number of piperidine rings is 1. The second-order valence-corrected chi connectivity index (χ2v) is 10.5. The van der Waals surface area contributed by atoms with Crippen molar-refractivity contribution in [1.29, 1.82) is 0 Å². The summed E-state index contributed by atoms with van der Waals surface area (Å²) < 4.78 is 40.0. The lowest BCUT2D eigenvalue weighted by atomic mass is 10.0. The highest BCUT2D eigenvalue weighted by atomic mass is 35.5. The van der Waals surface area contributed by atoms with Gasteiger partial charge in [0.2, 0.25) is 11.8 Å². The number of likely N-dealkylation sites (tertiary alicyclic amines) is 2. The van der Waals surface area contributed by atoms with Gasteiger partial charge in [0.25, 0.3) is 5.78 Å². The Labute approximate surface area is 239 Å². The van der Waals surface area contributed by atoms with Crippen molar-refractivity contribution >= 4 is 36.0 Å². The molecule has 0 unspecified atom stereocenters. The number of rotatable bonds is 9. The molecule has 4 amide bonds. The zero-order valence-corrected chi connectivity index (χ0v) is 23.8. The van der Waals surface area contributed by atoms with Gasteiger partial charge in [0.05, 0.1) is 0 Å². The SMILES string of the molecule is CNC1CCN(C(=O)N[C@H](C(=O)N2CCC[C@H]2C(=O)N[C@H](Cc2ccccc2)C(=O)C(F)(F)F)C(C)C)CC1.Cl. The molecule has 0 aliphatic carbocycles. The lowest BCUT2D eigenvalue weighted by Crippen LogP contribution is -2.59. The van der Waals surface area contributed by atoms with Gasteiger partial charge >= 0.3 is 12.2 Å². The van der Waals surface area contributed by atoms with Gasteiger partial charge in [0.15, 0.2) is 0 Å². The zero-order valence-electron chi connectivity index (χ0n) is 23.0. The van der Waals surface area contributed by atoms with E-state index < -0.39 is 41.9 Å². The molecule has 9 nitrogen and oxygen atoms in total. The third kappa shape index (κ3) is 8.57. The van der Waals surface area contributed by atoms with E-state index in [1.807, 2.05) is 7.05 Å². The number of hydrogen-bond donors (Lipinski definition) is 3. The molecule has 0 aromatic heterocycles. The van der Waals surface area contributed by atoms with Gasteiger partial charge in [-0.05, 0) is 44.2 Å². The molecule has 0 spiro atoms. The number of hydrogen-bond acceptors (Lipinski definition) is 5. The molecular weight excluding hydrogens is 551 g/mol. The molecule has 2 heterocycles. The number of benzene rings is 1. The monoisotopic (exact) mass is 589 g/mol. The largest absolute Gasteiger partial charge is 0.452 e. The molecule has 224 valence electrons. The van der Waals surface area contributed by atoms with E-state index in [0.29, 0.717) is 31.1 Å². The predicted octanol–water partition coefficient (Wildman–Crippen LogP) is 2.68. The van der Waals surface area contributed by atoms with Crippen LogP contribution >= 0.6 is 12.4 Å². The standard InChI is InChI=1S/C27H38F3N5O4.ClH/c1-17(2)22(33-26(39)34-14-11-19(31-3)12-15-34)25(38)35-13-7-10-21(35)24(37)32-20(23(36)27(28,29)30)16-18-8-5-4-6-9-18;/h4-6,8-9,17,19-22,31H,7,10-16H2,1-3H3,(H,32,37)(H,33,39);1H/t20-,21+,22+;/m1./s1. The number of Topliss-reactive ketones (excluding diaryl/α,β-unsaturated/α-hetero) is 1. The van der Waals surface area contributed by atoms with Crippen LogP contribution in [0.5, 0.6) is 0 Å². The highest BCUT2D eigenvalue weighted by Gasteiger charge is 2.46. The fourth-order valence-electron chi connectivity index (χ4n) is 5.12. The van der Waals surface area contributed by atoms with Gasteiger partial charge in [-0.3, -0.25) is 14.4 Å². The first-order valence-electron chi connectivity index (χ1n) is 13.4. The van der Waals surface area contributed by atoms with Crippen molar-refractivity contribution in [3.8, 4) is 0 Å². The second-order valence-electron chi connectivity index (χ2n) is 10.5. The molecule has 0 bridgehead atoms. The van der Waals surface area contributed by atoms with Crippen molar-refractivity contribution in [3.05, 3.63) is 35.9 Å². The number of urea groups is 1. The molecule has 0 radical (unpaired) electrons. The number of carbonyl (C=O) groups excluding carboxylic acids is 4. The maximum atomic E-state index is 13.5. The van der Waals surface area contributed by atoms with Gasteiger partial charge in [-0.1, -0.05) is 44.2 Å². The molecule has 2 fully saturated rings. The maximum absolute atomic E-state index is 13.5. The highest BCUT2D eigenvalue weighted by Crippen LogP contribution is 2.23. The smallest absolute Gasteiger partial charge is 0.344 e. The van der Waals surface area contributed by atoms with E-state index in [-0.39, 0.29) is 43.7 Å². The number of nitrogens with zero attached hydrogens (tertiary/aromatic N) is 2. The Bertz CT molecular complexity index is 1020. The molecule has 2 aliphatic heterocycles. The molecule has 13 heteroatoms. The number of alkyl halides is 3. The maximum Gasteiger partial charge on any atom is 0.452 e. The topological polar surface area (TPSA) is 111 Å².